The first kappa shape index (κ1) is 15.0. The fraction of sp³-hybridized carbons (Fsp3) is 0.200. The zero-order valence-corrected chi connectivity index (χ0v) is 11.1. The van der Waals surface area contributed by atoms with Crippen LogP contribution in [-0.4, -0.2) is 12.2 Å². The van der Waals surface area contributed by atoms with Crippen LogP contribution in [0.2, 0.25) is 0 Å². The van der Waals surface area contributed by atoms with Crippen molar-refractivity contribution in [1.29, 1.82) is 0 Å². The van der Waals surface area contributed by atoms with Gasteiger partial charge >= 0.3 is 6.18 Å². The van der Waals surface area contributed by atoms with Crippen molar-refractivity contribution in [2.45, 2.75) is 12.8 Å². The van der Waals surface area contributed by atoms with E-state index < -0.39 is 11.7 Å². The molecule has 21 heavy (non-hydrogen) atoms. The number of rotatable bonds is 4. The zero-order valence-electron chi connectivity index (χ0n) is 11.1. The lowest BCUT2D eigenvalue weighted by atomic mass is 10.2. The molecule has 2 aromatic carbocycles. The standard InChI is InChI=1S/C15H13F3O3/c1-20-14-8-11(19)7-6-10(14)9-21-13-5-3-2-4-12(13)15(16,17)18/h2-8,19H,9H2,1H3. The Morgan fingerprint density at radius 1 is 1.05 bits per heavy atom. The first-order chi connectivity index (χ1) is 9.91. The molecular weight excluding hydrogens is 285 g/mol. The number of alkyl halides is 3. The van der Waals surface area contributed by atoms with Crippen LogP contribution in [0.5, 0.6) is 17.2 Å². The van der Waals surface area contributed by atoms with Gasteiger partial charge in [0.15, 0.2) is 0 Å². The Bertz CT molecular complexity index is 624. The monoisotopic (exact) mass is 298 g/mol. The molecule has 0 radical (unpaired) electrons. The molecular formula is C15H13F3O3. The van der Waals surface area contributed by atoms with E-state index >= 15 is 0 Å². The number of halogens is 3. The van der Waals surface area contributed by atoms with Gasteiger partial charge in [0.1, 0.15) is 23.9 Å². The molecule has 112 valence electrons. The van der Waals surface area contributed by atoms with Crippen LogP contribution in [0.3, 0.4) is 0 Å². The second kappa shape index (κ2) is 5.95. The third-order valence-electron chi connectivity index (χ3n) is 2.85. The Balaban J connectivity index is 2.21. The minimum atomic E-state index is -4.48. The SMILES string of the molecule is COc1cc(O)ccc1COc1ccccc1C(F)(F)F. The molecule has 0 aliphatic carbocycles. The van der Waals surface area contributed by atoms with Crippen molar-refractivity contribution < 1.29 is 27.8 Å². The lowest BCUT2D eigenvalue weighted by Gasteiger charge is -2.15. The summed E-state index contributed by atoms with van der Waals surface area (Å²) in [6.45, 7) is -0.101. The third-order valence-corrected chi connectivity index (χ3v) is 2.85. The van der Waals surface area contributed by atoms with E-state index in [1.807, 2.05) is 0 Å². The number of phenolic OH excluding ortho intramolecular Hbond substituents is 1. The predicted molar refractivity (Wildman–Crippen MR) is 70.4 cm³/mol. The first-order valence-corrected chi connectivity index (χ1v) is 6.06. The fourth-order valence-corrected chi connectivity index (χ4v) is 1.83. The van der Waals surface area contributed by atoms with E-state index in [0.29, 0.717) is 11.3 Å². The maximum Gasteiger partial charge on any atom is 0.419 e. The lowest BCUT2D eigenvalue weighted by Crippen LogP contribution is -2.08. The van der Waals surface area contributed by atoms with E-state index in [-0.39, 0.29) is 18.1 Å². The highest BCUT2D eigenvalue weighted by Crippen LogP contribution is 2.36. The van der Waals surface area contributed by atoms with Crippen molar-refractivity contribution in [3.63, 3.8) is 0 Å². The van der Waals surface area contributed by atoms with Gasteiger partial charge in [0.25, 0.3) is 0 Å². The van der Waals surface area contributed by atoms with E-state index in [9.17, 15) is 18.3 Å². The maximum atomic E-state index is 12.8. The summed E-state index contributed by atoms with van der Waals surface area (Å²) in [6, 6.07) is 9.31. The fourth-order valence-electron chi connectivity index (χ4n) is 1.83. The van der Waals surface area contributed by atoms with Gasteiger partial charge in [-0.2, -0.15) is 13.2 Å². The smallest absolute Gasteiger partial charge is 0.419 e. The average Bonchev–Trinajstić information content (AvgIpc) is 2.45. The first-order valence-electron chi connectivity index (χ1n) is 6.06. The highest BCUT2D eigenvalue weighted by molar-refractivity contribution is 5.41. The van der Waals surface area contributed by atoms with E-state index in [1.54, 1.807) is 0 Å². The van der Waals surface area contributed by atoms with Gasteiger partial charge in [0.05, 0.1) is 12.7 Å². The van der Waals surface area contributed by atoms with Crippen molar-refractivity contribution in [3.05, 3.63) is 53.6 Å². The average molecular weight is 298 g/mol. The summed E-state index contributed by atoms with van der Waals surface area (Å²) < 4.78 is 48.8. The van der Waals surface area contributed by atoms with Crippen LogP contribution in [0.1, 0.15) is 11.1 Å². The van der Waals surface area contributed by atoms with Crippen molar-refractivity contribution in [1.82, 2.24) is 0 Å². The number of methoxy groups -OCH3 is 1. The zero-order chi connectivity index (χ0) is 15.5. The summed E-state index contributed by atoms with van der Waals surface area (Å²) in [5.41, 5.74) is -0.296. The second-order valence-corrected chi connectivity index (χ2v) is 4.28. The molecule has 0 aliphatic rings. The molecule has 0 saturated heterocycles. The summed E-state index contributed by atoms with van der Waals surface area (Å²) in [5.74, 6) is 0.103. The Hall–Kier alpha value is -2.37. The Labute approximate surface area is 119 Å². The Morgan fingerprint density at radius 3 is 2.43 bits per heavy atom. The summed E-state index contributed by atoms with van der Waals surface area (Å²) in [7, 11) is 1.40. The highest BCUT2D eigenvalue weighted by Gasteiger charge is 2.34. The van der Waals surface area contributed by atoms with Gasteiger partial charge in [0.2, 0.25) is 0 Å². The molecule has 0 atom stereocenters. The van der Waals surface area contributed by atoms with Crippen molar-refractivity contribution >= 4 is 0 Å². The maximum absolute atomic E-state index is 12.8. The van der Waals surface area contributed by atoms with Crippen molar-refractivity contribution in [2.75, 3.05) is 7.11 Å². The molecule has 0 amide bonds. The van der Waals surface area contributed by atoms with E-state index in [0.717, 1.165) is 6.07 Å². The molecule has 6 heteroatoms. The van der Waals surface area contributed by atoms with Crippen LogP contribution in [0.15, 0.2) is 42.5 Å². The van der Waals surface area contributed by atoms with Crippen molar-refractivity contribution in [2.24, 2.45) is 0 Å². The van der Waals surface area contributed by atoms with Gasteiger partial charge in [0, 0.05) is 11.6 Å². The quantitative estimate of drug-likeness (QED) is 0.927. The van der Waals surface area contributed by atoms with E-state index in [2.05, 4.69) is 0 Å². The second-order valence-electron chi connectivity index (χ2n) is 4.28. The van der Waals surface area contributed by atoms with Gasteiger partial charge in [-0.15, -0.1) is 0 Å². The van der Waals surface area contributed by atoms with Crippen LogP contribution < -0.4 is 9.47 Å². The number of hydrogen-bond acceptors (Lipinski definition) is 3. The molecule has 0 saturated carbocycles. The minimum Gasteiger partial charge on any atom is -0.508 e. The number of aromatic hydroxyl groups is 1. The van der Waals surface area contributed by atoms with Crippen LogP contribution in [0.4, 0.5) is 13.2 Å². The lowest BCUT2D eigenvalue weighted by molar-refractivity contribution is -0.139. The molecule has 3 nitrogen and oxygen atoms in total. The topological polar surface area (TPSA) is 38.7 Å². The minimum absolute atomic E-state index is 0.00583. The molecule has 0 spiro atoms. The molecule has 0 unspecified atom stereocenters. The molecule has 0 heterocycles. The van der Waals surface area contributed by atoms with Crippen LogP contribution >= 0.6 is 0 Å². The molecule has 2 rings (SSSR count). The Kier molecular flexibility index (Phi) is 4.26. The number of para-hydroxylation sites is 1. The molecule has 1 N–H and O–H groups in total. The molecule has 0 bridgehead atoms. The van der Waals surface area contributed by atoms with Crippen LogP contribution in [0.25, 0.3) is 0 Å². The molecule has 2 aromatic rings. The molecule has 0 fully saturated rings. The number of ether oxygens (including phenoxy) is 2. The molecule has 0 aliphatic heterocycles. The van der Waals surface area contributed by atoms with Crippen LogP contribution in [0, 0.1) is 0 Å². The van der Waals surface area contributed by atoms with Gasteiger partial charge < -0.3 is 14.6 Å². The predicted octanol–water partition coefficient (Wildman–Crippen LogP) is 4.00. The molecule has 0 aromatic heterocycles. The Morgan fingerprint density at radius 2 is 1.76 bits per heavy atom. The van der Waals surface area contributed by atoms with Gasteiger partial charge in [-0.05, 0) is 24.3 Å². The number of phenols is 1. The number of benzene rings is 2. The summed E-state index contributed by atoms with van der Waals surface area (Å²) >= 11 is 0. The van der Waals surface area contributed by atoms with Crippen molar-refractivity contribution in [3.8, 4) is 17.2 Å². The normalized spacial score (nSPS) is 11.2. The highest BCUT2D eigenvalue weighted by atomic mass is 19.4. The van der Waals surface area contributed by atoms with Gasteiger partial charge in [-0.3, -0.25) is 0 Å². The van der Waals surface area contributed by atoms with Crippen LogP contribution in [-0.2, 0) is 12.8 Å². The summed E-state index contributed by atoms with van der Waals surface area (Å²) in [4.78, 5) is 0. The third kappa shape index (κ3) is 3.59. The van der Waals surface area contributed by atoms with E-state index in [1.165, 1.54) is 43.5 Å². The van der Waals surface area contributed by atoms with Gasteiger partial charge in [-0.1, -0.05) is 12.1 Å². The number of hydrogen-bond donors (Lipinski definition) is 1. The largest absolute Gasteiger partial charge is 0.508 e. The van der Waals surface area contributed by atoms with Gasteiger partial charge in [-0.25, -0.2) is 0 Å². The summed E-state index contributed by atoms with van der Waals surface area (Å²) in [5, 5.41) is 9.34. The van der Waals surface area contributed by atoms with E-state index in [4.69, 9.17) is 9.47 Å². The summed E-state index contributed by atoms with van der Waals surface area (Å²) in [6.07, 6.45) is -4.48.